The number of hydrogen-bond donors (Lipinski definition) is 1. The van der Waals surface area contributed by atoms with Gasteiger partial charge in [-0.15, -0.1) is 0 Å². The molecule has 1 aliphatic heterocycles. The van der Waals surface area contributed by atoms with E-state index in [1.807, 2.05) is 0 Å². The minimum atomic E-state index is -5.08. The van der Waals surface area contributed by atoms with Gasteiger partial charge < -0.3 is 19.5 Å². The van der Waals surface area contributed by atoms with Crippen molar-refractivity contribution in [2.45, 2.75) is 57.9 Å². The zero-order chi connectivity index (χ0) is 17.1. The second-order valence-corrected chi connectivity index (χ2v) is 4.77. The van der Waals surface area contributed by atoms with Crippen molar-refractivity contribution >= 4 is 17.8 Å². The van der Waals surface area contributed by atoms with Gasteiger partial charge in [0.2, 0.25) is 6.29 Å². The molecule has 1 aliphatic rings. The summed E-state index contributed by atoms with van der Waals surface area (Å²) in [5.74, 6) is -3.60. The lowest BCUT2D eigenvalue weighted by Gasteiger charge is -2.39. The van der Waals surface area contributed by atoms with E-state index in [4.69, 9.17) is 14.2 Å². The quantitative estimate of drug-likeness (QED) is 0.766. The summed E-state index contributed by atoms with van der Waals surface area (Å²) in [5.41, 5.74) is 0. The predicted octanol–water partition coefficient (Wildman–Crippen LogP) is 0.663. The smallest absolute Gasteiger partial charge is 0.458 e. The molecule has 1 rings (SSSR count). The minimum Gasteiger partial charge on any atom is -0.458 e. The molecule has 1 unspecified atom stereocenters. The molecule has 126 valence electrons. The first kappa shape index (κ1) is 18.2. The molecule has 1 amide bonds. The van der Waals surface area contributed by atoms with Crippen molar-refractivity contribution in [2.24, 2.45) is 0 Å². The molecule has 1 heterocycles. The van der Waals surface area contributed by atoms with E-state index in [1.165, 1.54) is 6.92 Å². The zero-order valence-electron chi connectivity index (χ0n) is 12.1. The number of nitrogens with one attached hydrogen (secondary N) is 1. The number of amides is 1. The van der Waals surface area contributed by atoms with Crippen molar-refractivity contribution < 1.29 is 41.8 Å². The maximum atomic E-state index is 12.4. The number of esters is 2. The molecule has 1 N–H and O–H groups in total. The molecule has 22 heavy (non-hydrogen) atoms. The molecule has 0 aliphatic carbocycles. The van der Waals surface area contributed by atoms with Crippen LogP contribution in [0.25, 0.3) is 0 Å². The molecular formula is C12H16F3NO6. The monoisotopic (exact) mass is 327 g/mol. The topological polar surface area (TPSA) is 90.9 Å². The number of carbonyl (C=O) groups excluding carboxylic acids is 3. The first-order chi connectivity index (χ1) is 10.0. The Hall–Kier alpha value is -1.84. The van der Waals surface area contributed by atoms with Gasteiger partial charge in [0.05, 0.1) is 12.1 Å². The van der Waals surface area contributed by atoms with Crippen LogP contribution in [-0.4, -0.2) is 48.6 Å². The Labute approximate surface area is 124 Å². The molecule has 0 bridgehead atoms. The molecule has 7 nitrogen and oxygen atoms in total. The van der Waals surface area contributed by atoms with Crippen LogP contribution in [0.5, 0.6) is 0 Å². The van der Waals surface area contributed by atoms with Crippen molar-refractivity contribution in [1.82, 2.24) is 5.32 Å². The minimum absolute atomic E-state index is 0.274. The van der Waals surface area contributed by atoms with E-state index in [-0.39, 0.29) is 6.42 Å². The summed E-state index contributed by atoms with van der Waals surface area (Å²) < 4.78 is 52.0. The number of hydrogen-bond acceptors (Lipinski definition) is 6. The van der Waals surface area contributed by atoms with Crippen LogP contribution >= 0.6 is 0 Å². The van der Waals surface area contributed by atoms with Gasteiger partial charge in [0.15, 0.2) is 0 Å². The Morgan fingerprint density at radius 1 is 1.14 bits per heavy atom. The van der Waals surface area contributed by atoms with E-state index in [9.17, 15) is 27.6 Å². The van der Waals surface area contributed by atoms with Crippen LogP contribution in [0, 0.1) is 0 Å². The van der Waals surface area contributed by atoms with Gasteiger partial charge in [0, 0.05) is 20.3 Å². The number of rotatable bonds is 3. The number of carbonyl (C=O) groups is 3. The summed E-state index contributed by atoms with van der Waals surface area (Å²) in [4.78, 5) is 33.0. The van der Waals surface area contributed by atoms with Gasteiger partial charge in [-0.05, 0) is 6.92 Å². The normalized spacial score (nSPS) is 28.6. The van der Waals surface area contributed by atoms with E-state index in [0.717, 1.165) is 13.8 Å². The van der Waals surface area contributed by atoms with Gasteiger partial charge in [-0.2, -0.15) is 13.2 Å². The van der Waals surface area contributed by atoms with E-state index >= 15 is 0 Å². The first-order valence-corrected chi connectivity index (χ1v) is 6.38. The average Bonchev–Trinajstić information content (AvgIpc) is 2.31. The van der Waals surface area contributed by atoms with E-state index in [1.54, 1.807) is 5.32 Å². The van der Waals surface area contributed by atoms with Crippen LogP contribution in [0.1, 0.15) is 27.2 Å². The van der Waals surface area contributed by atoms with Crippen LogP contribution in [0.4, 0.5) is 13.2 Å². The van der Waals surface area contributed by atoms with Crippen LogP contribution in [-0.2, 0) is 28.6 Å². The highest BCUT2D eigenvalue weighted by molar-refractivity contribution is 5.82. The Morgan fingerprint density at radius 2 is 1.68 bits per heavy atom. The summed E-state index contributed by atoms with van der Waals surface area (Å²) in [6, 6.07) is -1.20. The lowest BCUT2D eigenvalue weighted by atomic mass is 9.99. The molecule has 0 aromatic heterocycles. The van der Waals surface area contributed by atoms with Crippen LogP contribution in [0.3, 0.4) is 0 Å². The molecular weight excluding hydrogens is 311 g/mol. The highest BCUT2D eigenvalue weighted by atomic mass is 19.4. The highest BCUT2D eigenvalue weighted by Crippen LogP contribution is 2.25. The molecule has 0 aromatic carbocycles. The van der Waals surface area contributed by atoms with E-state index in [0.29, 0.717) is 0 Å². The van der Waals surface area contributed by atoms with Gasteiger partial charge in [-0.3, -0.25) is 14.4 Å². The van der Waals surface area contributed by atoms with Crippen molar-refractivity contribution in [2.75, 3.05) is 0 Å². The Morgan fingerprint density at radius 3 is 2.14 bits per heavy atom. The summed E-state index contributed by atoms with van der Waals surface area (Å²) in [5, 5.41) is 1.74. The van der Waals surface area contributed by atoms with Crippen molar-refractivity contribution in [3.05, 3.63) is 0 Å². The van der Waals surface area contributed by atoms with Crippen molar-refractivity contribution in [3.63, 3.8) is 0 Å². The van der Waals surface area contributed by atoms with Gasteiger partial charge >= 0.3 is 24.0 Å². The average molecular weight is 327 g/mol. The Kier molecular flexibility index (Phi) is 5.75. The second kappa shape index (κ2) is 6.95. The molecule has 4 atom stereocenters. The van der Waals surface area contributed by atoms with Gasteiger partial charge in [-0.25, -0.2) is 0 Å². The molecule has 0 aromatic rings. The standard InChI is InChI=1S/C12H16F3NO6/c1-5-10(22-7(3)18)8(16-11(19)12(13,14)15)4-9(20-5)21-6(2)17/h5,8-10H,4H2,1-3H3,(H,16,19)/t5-,8-,9?,10-/m0/s1. The third-order valence-corrected chi connectivity index (χ3v) is 2.85. The fraction of sp³-hybridized carbons (Fsp3) is 0.750. The summed E-state index contributed by atoms with van der Waals surface area (Å²) in [6.45, 7) is 3.61. The van der Waals surface area contributed by atoms with Gasteiger partial charge in [-0.1, -0.05) is 0 Å². The third-order valence-electron chi connectivity index (χ3n) is 2.85. The van der Waals surface area contributed by atoms with E-state index in [2.05, 4.69) is 0 Å². The molecule has 0 spiro atoms. The lowest BCUT2D eigenvalue weighted by molar-refractivity contribution is -0.230. The summed E-state index contributed by atoms with van der Waals surface area (Å²) in [6.07, 6.45) is -8.50. The van der Waals surface area contributed by atoms with Crippen LogP contribution in [0.15, 0.2) is 0 Å². The lowest BCUT2D eigenvalue weighted by Crippen LogP contribution is -2.58. The second-order valence-electron chi connectivity index (χ2n) is 4.77. The molecule has 0 radical (unpaired) electrons. The van der Waals surface area contributed by atoms with E-state index < -0.39 is 48.6 Å². The fourth-order valence-electron chi connectivity index (χ4n) is 2.06. The molecule has 0 saturated carbocycles. The molecule has 1 fully saturated rings. The van der Waals surface area contributed by atoms with Crippen LogP contribution < -0.4 is 5.32 Å². The zero-order valence-corrected chi connectivity index (χ0v) is 12.1. The predicted molar refractivity (Wildman–Crippen MR) is 64.3 cm³/mol. The Bertz CT molecular complexity index is 453. The number of alkyl halides is 3. The van der Waals surface area contributed by atoms with Gasteiger partial charge in [0.1, 0.15) is 6.10 Å². The van der Waals surface area contributed by atoms with Crippen molar-refractivity contribution in [1.29, 1.82) is 0 Å². The maximum absolute atomic E-state index is 12.4. The summed E-state index contributed by atoms with van der Waals surface area (Å²) >= 11 is 0. The Balaban J connectivity index is 2.88. The number of halogens is 3. The fourth-order valence-corrected chi connectivity index (χ4v) is 2.06. The highest BCUT2D eigenvalue weighted by Gasteiger charge is 2.45. The molecule has 1 saturated heterocycles. The molecule has 10 heteroatoms. The largest absolute Gasteiger partial charge is 0.471 e. The van der Waals surface area contributed by atoms with Crippen LogP contribution in [0.2, 0.25) is 0 Å². The third kappa shape index (κ3) is 5.17. The SMILES string of the molecule is CC(=O)OC1C[C@H](NC(=O)C(F)(F)F)[C@@H](OC(C)=O)[C@H](C)O1. The summed E-state index contributed by atoms with van der Waals surface area (Å²) in [7, 11) is 0. The maximum Gasteiger partial charge on any atom is 0.471 e. The van der Waals surface area contributed by atoms with Gasteiger partial charge in [0.25, 0.3) is 0 Å². The first-order valence-electron chi connectivity index (χ1n) is 6.38. The number of ether oxygens (including phenoxy) is 3. The van der Waals surface area contributed by atoms with Crippen molar-refractivity contribution in [3.8, 4) is 0 Å².